The second kappa shape index (κ2) is 7.29. The molecule has 1 heterocycles. The first-order valence-electron chi connectivity index (χ1n) is 7.59. The lowest BCUT2D eigenvalue weighted by atomic mass is 9.91. The Morgan fingerprint density at radius 2 is 1.78 bits per heavy atom. The van der Waals surface area contributed by atoms with E-state index in [2.05, 4.69) is 15.4 Å². The monoisotopic (exact) mass is 341 g/mol. The predicted octanol–water partition coefficient (Wildman–Crippen LogP) is 1.16. The molecular formula is C15H23N3O4S. The summed E-state index contributed by atoms with van der Waals surface area (Å²) in [4.78, 5) is 12.5. The van der Waals surface area contributed by atoms with Gasteiger partial charge in [-0.05, 0) is 57.1 Å². The number of rotatable bonds is 6. The molecule has 0 aliphatic carbocycles. The van der Waals surface area contributed by atoms with Crippen LogP contribution in [-0.4, -0.2) is 45.9 Å². The van der Waals surface area contributed by atoms with Gasteiger partial charge in [0.15, 0.2) is 0 Å². The number of methoxy groups -OCH3 is 1. The van der Waals surface area contributed by atoms with Crippen LogP contribution in [0.4, 0.5) is 11.4 Å². The number of hydrogen-bond donors (Lipinski definition) is 3. The number of piperidine rings is 1. The molecule has 0 bridgehead atoms. The van der Waals surface area contributed by atoms with E-state index in [1.54, 1.807) is 38.3 Å². The van der Waals surface area contributed by atoms with Crippen molar-refractivity contribution >= 4 is 27.3 Å². The highest BCUT2D eigenvalue weighted by atomic mass is 32.2. The SMILES string of the molecule is CCS(=O)(=O)Nc1ccc(NC(=O)C2(OC)CCNCC2)cc1. The van der Waals surface area contributed by atoms with Crippen LogP contribution in [0, 0.1) is 0 Å². The highest BCUT2D eigenvalue weighted by Gasteiger charge is 2.39. The molecule has 8 heteroatoms. The van der Waals surface area contributed by atoms with E-state index in [0.717, 1.165) is 13.1 Å². The Morgan fingerprint density at radius 1 is 1.22 bits per heavy atom. The number of ether oxygens (including phenoxy) is 1. The predicted molar refractivity (Wildman–Crippen MR) is 90.0 cm³/mol. The number of sulfonamides is 1. The molecule has 1 aromatic rings. The van der Waals surface area contributed by atoms with Crippen molar-refractivity contribution < 1.29 is 17.9 Å². The average Bonchev–Trinajstić information content (AvgIpc) is 2.57. The fourth-order valence-corrected chi connectivity index (χ4v) is 3.11. The van der Waals surface area contributed by atoms with Crippen molar-refractivity contribution in [3.63, 3.8) is 0 Å². The Bertz CT molecular complexity index is 637. The number of hydrogen-bond acceptors (Lipinski definition) is 5. The number of benzene rings is 1. The van der Waals surface area contributed by atoms with E-state index in [1.807, 2.05) is 0 Å². The van der Waals surface area contributed by atoms with Crippen LogP contribution in [0.3, 0.4) is 0 Å². The minimum atomic E-state index is -3.30. The van der Waals surface area contributed by atoms with Crippen molar-refractivity contribution in [2.24, 2.45) is 0 Å². The van der Waals surface area contributed by atoms with Gasteiger partial charge in [-0.2, -0.15) is 0 Å². The van der Waals surface area contributed by atoms with E-state index in [0.29, 0.717) is 24.2 Å². The molecule has 1 amide bonds. The summed E-state index contributed by atoms with van der Waals surface area (Å²) in [7, 11) is -1.75. The molecular weight excluding hydrogens is 318 g/mol. The van der Waals surface area contributed by atoms with Gasteiger partial charge in [0, 0.05) is 18.5 Å². The van der Waals surface area contributed by atoms with Crippen molar-refractivity contribution in [1.29, 1.82) is 0 Å². The van der Waals surface area contributed by atoms with Crippen molar-refractivity contribution in [2.75, 3.05) is 36.0 Å². The lowest BCUT2D eigenvalue weighted by Crippen LogP contribution is -2.51. The first-order valence-corrected chi connectivity index (χ1v) is 9.24. The molecule has 23 heavy (non-hydrogen) atoms. The molecule has 2 rings (SSSR count). The Hall–Kier alpha value is -1.64. The Balaban J connectivity index is 2.04. The van der Waals surface area contributed by atoms with E-state index in [4.69, 9.17) is 4.74 Å². The van der Waals surface area contributed by atoms with Crippen LogP contribution >= 0.6 is 0 Å². The maximum Gasteiger partial charge on any atom is 0.256 e. The van der Waals surface area contributed by atoms with E-state index in [9.17, 15) is 13.2 Å². The summed E-state index contributed by atoms with van der Waals surface area (Å²) in [6.07, 6.45) is 1.23. The Kier molecular flexibility index (Phi) is 5.61. The molecule has 0 unspecified atom stereocenters. The molecule has 0 atom stereocenters. The molecule has 0 spiro atoms. The third-order valence-electron chi connectivity index (χ3n) is 4.01. The van der Waals surface area contributed by atoms with Crippen LogP contribution in [0.5, 0.6) is 0 Å². The summed E-state index contributed by atoms with van der Waals surface area (Å²) in [5, 5.41) is 6.04. The molecule has 1 saturated heterocycles. The number of amides is 1. The second-order valence-electron chi connectivity index (χ2n) is 5.49. The van der Waals surface area contributed by atoms with Gasteiger partial charge in [0.05, 0.1) is 5.75 Å². The van der Waals surface area contributed by atoms with Gasteiger partial charge in [-0.25, -0.2) is 8.42 Å². The minimum absolute atomic E-state index is 0.00980. The van der Waals surface area contributed by atoms with Gasteiger partial charge in [-0.1, -0.05) is 0 Å². The fourth-order valence-electron chi connectivity index (χ4n) is 2.47. The van der Waals surface area contributed by atoms with Gasteiger partial charge >= 0.3 is 0 Å². The molecule has 128 valence electrons. The molecule has 1 fully saturated rings. The summed E-state index contributed by atoms with van der Waals surface area (Å²) in [5.74, 6) is -0.168. The van der Waals surface area contributed by atoms with Gasteiger partial charge in [0.2, 0.25) is 10.0 Å². The molecule has 0 saturated carbocycles. The highest BCUT2D eigenvalue weighted by molar-refractivity contribution is 7.92. The molecule has 7 nitrogen and oxygen atoms in total. The third kappa shape index (κ3) is 4.43. The lowest BCUT2D eigenvalue weighted by Gasteiger charge is -2.34. The van der Waals surface area contributed by atoms with Gasteiger partial charge in [-0.3, -0.25) is 9.52 Å². The standard InChI is InChI=1S/C15H23N3O4S/c1-3-23(20,21)18-13-6-4-12(5-7-13)17-14(19)15(22-2)8-10-16-11-9-15/h4-7,16,18H,3,8-11H2,1-2H3,(H,17,19). The largest absolute Gasteiger partial charge is 0.368 e. The number of nitrogens with one attached hydrogen (secondary N) is 3. The highest BCUT2D eigenvalue weighted by Crippen LogP contribution is 2.25. The third-order valence-corrected chi connectivity index (χ3v) is 5.32. The van der Waals surface area contributed by atoms with Crippen LogP contribution in [0.1, 0.15) is 19.8 Å². The smallest absolute Gasteiger partial charge is 0.256 e. The maximum atomic E-state index is 12.5. The molecule has 1 aliphatic heterocycles. The number of anilines is 2. The van der Waals surface area contributed by atoms with E-state index in [-0.39, 0.29) is 11.7 Å². The lowest BCUT2D eigenvalue weighted by molar-refractivity contribution is -0.140. The summed E-state index contributed by atoms with van der Waals surface area (Å²) < 4.78 is 31.0. The van der Waals surface area contributed by atoms with Crippen molar-refractivity contribution in [3.8, 4) is 0 Å². The van der Waals surface area contributed by atoms with Gasteiger partial charge < -0.3 is 15.4 Å². The topological polar surface area (TPSA) is 96.5 Å². The number of carbonyl (C=O) groups is 1. The van der Waals surface area contributed by atoms with Gasteiger partial charge in [0.25, 0.3) is 5.91 Å². The summed E-state index contributed by atoms with van der Waals surface area (Å²) in [5.41, 5.74) is 0.255. The van der Waals surface area contributed by atoms with E-state index in [1.165, 1.54) is 0 Å². The molecule has 1 aliphatic rings. The van der Waals surface area contributed by atoms with Gasteiger partial charge in [-0.15, -0.1) is 0 Å². The maximum absolute atomic E-state index is 12.5. The second-order valence-corrected chi connectivity index (χ2v) is 7.50. The minimum Gasteiger partial charge on any atom is -0.368 e. The fraction of sp³-hybridized carbons (Fsp3) is 0.533. The number of carbonyl (C=O) groups excluding carboxylic acids is 1. The molecule has 0 aromatic heterocycles. The van der Waals surface area contributed by atoms with Gasteiger partial charge in [0.1, 0.15) is 5.60 Å². The van der Waals surface area contributed by atoms with E-state index >= 15 is 0 Å². The van der Waals surface area contributed by atoms with Crippen LogP contribution in [0.15, 0.2) is 24.3 Å². The van der Waals surface area contributed by atoms with Crippen molar-refractivity contribution in [2.45, 2.75) is 25.4 Å². The zero-order valence-electron chi connectivity index (χ0n) is 13.4. The van der Waals surface area contributed by atoms with Crippen LogP contribution in [-0.2, 0) is 19.6 Å². The molecule has 3 N–H and O–H groups in total. The normalized spacial score (nSPS) is 17.5. The first kappa shape index (κ1) is 17.7. The van der Waals surface area contributed by atoms with Crippen LogP contribution in [0.25, 0.3) is 0 Å². The van der Waals surface area contributed by atoms with E-state index < -0.39 is 15.6 Å². The molecule has 0 radical (unpaired) electrons. The molecule has 1 aromatic carbocycles. The quantitative estimate of drug-likeness (QED) is 0.721. The van der Waals surface area contributed by atoms with Crippen molar-refractivity contribution in [1.82, 2.24) is 5.32 Å². The zero-order chi connectivity index (χ0) is 16.9. The summed E-state index contributed by atoms with van der Waals surface area (Å²) in [6.45, 7) is 3.04. The average molecular weight is 341 g/mol. The first-order chi connectivity index (χ1) is 10.9. The Labute approximate surface area is 136 Å². The van der Waals surface area contributed by atoms with Crippen molar-refractivity contribution in [3.05, 3.63) is 24.3 Å². The zero-order valence-corrected chi connectivity index (χ0v) is 14.2. The Morgan fingerprint density at radius 3 is 2.30 bits per heavy atom. The van der Waals surface area contributed by atoms with Crippen LogP contribution in [0.2, 0.25) is 0 Å². The summed E-state index contributed by atoms with van der Waals surface area (Å²) >= 11 is 0. The summed E-state index contributed by atoms with van der Waals surface area (Å²) in [6, 6.07) is 6.56. The van der Waals surface area contributed by atoms with Crippen LogP contribution < -0.4 is 15.4 Å².